The van der Waals surface area contributed by atoms with Gasteiger partial charge in [-0.05, 0) is 43.2 Å². The van der Waals surface area contributed by atoms with Crippen LogP contribution in [0.1, 0.15) is 24.5 Å². The van der Waals surface area contributed by atoms with Crippen molar-refractivity contribution in [3.8, 4) is 11.5 Å². The van der Waals surface area contributed by atoms with Gasteiger partial charge >= 0.3 is 0 Å². The maximum atomic E-state index is 12.2. The lowest BCUT2D eigenvalue weighted by atomic mass is 10.2. The molecule has 1 N–H and O–H groups in total. The fourth-order valence-corrected chi connectivity index (χ4v) is 2.22. The zero-order valence-electron chi connectivity index (χ0n) is 14.3. The van der Waals surface area contributed by atoms with E-state index < -0.39 is 0 Å². The third-order valence-electron chi connectivity index (χ3n) is 3.41. The smallest absolute Gasteiger partial charge is 0.248 e. The van der Waals surface area contributed by atoms with Crippen molar-refractivity contribution in [1.29, 1.82) is 0 Å². The molecule has 0 unspecified atom stereocenters. The molecule has 0 fully saturated rings. The number of carbonyl (C=O) groups excluding carboxylic acids is 1. The molecule has 0 aliphatic carbocycles. The highest BCUT2D eigenvalue weighted by Crippen LogP contribution is 2.25. The van der Waals surface area contributed by atoms with E-state index in [9.17, 15) is 4.79 Å². The Labute approximate surface area is 143 Å². The Kier molecular flexibility index (Phi) is 6.43. The summed E-state index contributed by atoms with van der Waals surface area (Å²) in [7, 11) is 1.58. The Morgan fingerprint density at radius 3 is 2.71 bits per heavy atom. The normalized spacial score (nSPS) is 10.6. The van der Waals surface area contributed by atoms with Crippen molar-refractivity contribution in [3.63, 3.8) is 0 Å². The number of nitrogens with one attached hydrogen (secondary N) is 1. The zero-order chi connectivity index (χ0) is 17.4. The Hall–Kier alpha value is -2.75. The van der Waals surface area contributed by atoms with Gasteiger partial charge in [0.2, 0.25) is 5.91 Å². The van der Waals surface area contributed by atoms with Crippen LogP contribution in [-0.4, -0.2) is 19.6 Å². The van der Waals surface area contributed by atoms with Crippen molar-refractivity contribution in [3.05, 3.63) is 59.7 Å². The highest BCUT2D eigenvalue weighted by Gasteiger charge is 2.06. The molecule has 0 bridgehead atoms. The molecule has 24 heavy (non-hydrogen) atoms. The van der Waals surface area contributed by atoms with Crippen LogP contribution in [0, 0.1) is 6.92 Å². The molecule has 0 aliphatic heterocycles. The summed E-state index contributed by atoms with van der Waals surface area (Å²) in [6, 6.07) is 13.3. The largest absolute Gasteiger partial charge is 0.495 e. The minimum absolute atomic E-state index is 0.218. The van der Waals surface area contributed by atoms with E-state index in [0.717, 1.165) is 23.3 Å². The van der Waals surface area contributed by atoms with E-state index in [-0.39, 0.29) is 5.91 Å². The van der Waals surface area contributed by atoms with E-state index in [1.54, 1.807) is 13.2 Å². The molecule has 0 heterocycles. The third kappa shape index (κ3) is 4.88. The lowest BCUT2D eigenvalue weighted by molar-refractivity contribution is -0.111. The standard InChI is InChI=1S/C20H23NO3/c1-4-13-24-18-8-6-5-7-16(18)10-12-20(22)21-17-14-15(2)9-11-19(17)23-3/h5-12,14H,4,13H2,1-3H3,(H,21,22)/b12-10+. The molecule has 4 heteroatoms. The minimum atomic E-state index is -0.218. The first-order valence-electron chi connectivity index (χ1n) is 7.99. The number of methoxy groups -OCH3 is 1. The van der Waals surface area contributed by atoms with Crippen molar-refractivity contribution in [2.75, 3.05) is 19.0 Å². The molecule has 2 aromatic carbocycles. The topological polar surface area (TPSA) is 47.6 Å². The van der Waals surface area contributed by atoms with Gasteiger partial charge in [-0.15, -0.1) is 0 Å². The lowest BCUT2D eigenvalue weighted by Gasteiger charge is -2.10. The maximum Gasteiger partial charge on any atom is 0.248 e. The molecule has 126 valence electrons. The van der Waals surface area contributed by atoms with Crippen LogP contribution in [-0.2, 0) is 4.79 Å². The fourth-order valence-electron chi connectivity index (χ4n) is 2.22. The second kappa shape index (κ2) is 8.77. The summed E-state index contributed by atoms with van der Waals surface area (Å²) < 4.78 is 11.0. The monoisotopic (exact) mass is 325 g/mol. The van der Waals surface area contributed by atoms with E-state index in [1.165, 1.54) is 6.08 Å². The summed E-state index contributed by atoms with van der Waals surface area (Å²) in [4.78, 5) is 12.2. The number of carbonyl (C=O) groups is 1. The predicted octanol–water partition coefficient (Wildman–Crippen LogP) is 4.44. The van der Waals surface area contributed by atoms with Crippen molar-refractivity contribution < 1.29 is 14.3 Å². The van der Waals surface area contributed by atoms with E-state index in [1.807, 2.05) is 49.4 Å². The molecule has 0 saturated carbocycles. The summed E-state index contributed by atoms with van der Waals surface area (Å²) in [5, 5.41) is 2.84. The van der Waals surface area contributed by atoms with Crippen LogP contribution in [0.15, 0.2) is 48.5 Å². The molecule has 0 aliphatic rings. The predicted molar refractivity (Wildman–Crippen MR) is 97.6 cm³/mol. The van der Waals surface area contributed by atoms with Crippen LogP contribution in [0.3, 0.4) is 0 Å². The van der Waals surface area contributed by atoms with Crippen LogP contribution in [0.5, 0.6) is 11.5 Å². The fraction of sp³-hybridized carbons (Fsp3) is 0.250. The van der Waals surface area contributed by atoms with Gasteiger partial charge in [-0.1, -0.05) is 31.2 Å². The average molecular weight is 325 g/mol. The SMILES string of the molecule is CCCOc1ccccc1/C=C/C(=O)Nc1cc(C)ccc1OC. The van der Waals surface area contributed by atoms with Gasteiger partial charge in [0.1, 0.15) is 11.5 Å². The Bertz CT molecular complexity index is 723. The van der Waals surface area contributed by atoms with E-state index in [4.69, 9.17) is 9.47 Å². The quantitative estimate of drug-likeness (QED) is 0.765. The Morgan fingerprint density at radius 2 is 1.96 bits per heavy atom. The summed E-state index contributed by atoms with van der Waals surface area (Å²) in [6.45, 7) is 4.67. The second-order valence-electron chi connectivity index (χ2n) is 5.41. The van der Waals surface area contributed by atoms with Gasteiger partial charge in [0.25, 0.3) is 0 Å². The number of aryl methyl sites for hydroxylation is 1. The van der Waals surface area contributed by atoms with Gasteiger partial charge < -0.3 is 14.8 Å². The van der Waals surface area contributed by atoms with Crippen LogP contribution in [0.25, 0.3) is 6.08 Å². The van der Waals surface area contributed by atoms with Gasteiger partial charge in [-0.25, -0.2) is 0 Å². The number of benzene rings is 2. The molecule has 2 aromatic rings. The minimum Gasteiger partial charge on any atom is -0.495 e. The van der Waals surface area contributed by atoms with E-state index >= 15 is 0 Å². The number of ether oxygens (including phenoxy) is 2. The molecule has 0 atom stereocenters. The first-order valence-corrected chi connectivity index (χ1v) is 7.99. The van der Waals surface area contributed by atoms with Crippen LogP contribution < -0.4 is 14.8 Å². The number of para-hydroxylation sites is 1. The van der Waals surface area contributed by atoms with Crippen molar-refractivity contribution in [1.82, 2.24) is 0 Å². The van der Waals surface area contributed by atoms with Crippen molar-refractivity contribution in [2.45, 2.75) is 20.3 Å². The highest BCUT2D eigenvalue weighted by molar-refractivity contribution is 6.03. The summed E-state index contributed by atoms with van der Waals surface area (Å²) in [5.74, 6) is 1.19. The molecule has 0 saturated heterocycles. The molecule has 4 nitrogen and oxygen atoms in total. The second-order valence-corrected chi connectivity index (χ2v) is 5.41. The van der Waals surface area contributed by atoms with Gasteiger partial charge in [0.05, 0.1) is 19.4 Å². The number of anilines is 1. The van der Waals surface area contributed by atoms with Crippen LogP contribution >= 0.6 is 0 Å². The molecular formula is C20H23NO3. The first kappa shape index (κ1) is 17.6. The third-order valence-corrected chi connectivity index (χ3v) is 3.41. The van der Waals surface area contributed by atoms with E-state index in [0.29, 0.717) is 18.0 Å². The Balaban J connectivity index is 2.10. The van der Waals surface area contributed by atoms with Gasteiger partial charge in [-0.3, -0.25) is 4.79 Å². The lowest BCUT2D eigenvalue weighted by Crippen LogP contribution is -2.09. The molecule has 0 aromatic heterocycles. The maximum absolute atomic E-state index is 12.2. The molecule has 0 radical (unpaired) electrons. The highest BCUT2D eigenvalue weighted by atomic mass is 16.5. The summed E-state index contributed by atoms with van der Waals surface area (Å²) in [6.07, 6.45) is 4.18. The summed E-state index contributed by atoms with van der Waals surface area (Å²) in [5.41, 5.74) is 2.58. The summed E-state index contributed by atoms with van der Waals surface area (Å²) >= 11 is 0. The molecule has 2 rings (SSSR count). The van der Waals surface area contributed by atoms with Gasteiger partial charge in [0, 0.05) is 11.6 Å². The molecule has 0 spiro atoms. The van der Waals surface area contributed by atoms with Gasteiger partial charge in [-0.2, -0.15) is 0 Å². The first-order chi connectivity index (χ1) is 11.6. The number of amides is 1. The van der Waals surface area contributed by atoms with Crippen molar-refractivity contribution in [2.24, 2.45) is 0 Å². The van der Waals surface area contributed by atoms with E-state index in [2.05, 4.69) is 12.2 Å². The number of hydrogen-bond acceptors (Lipinski definition) is 3. The van der Waals surface area contributed by atoms with Crippen LogP contribution in [0.2, 0.25) is 0 Å². The number of rotatable bonds is 7. The van der Waals surface area contributed by atoms with Crippen molar-refractivity contribution >= 4 is 17.7 Å². The molecule has 1 amide bonds. The Morgan fingerprint density at radius 1 is 1.17 bits per heavy atom. The molecular weight excluding hydrogens is 302 g/mol. The van der Waals surface area contributed by atoms with Gasteiger partial charge in [0.15, 0.2) is 0 Å². The average Bonchev–Trinajstić information content (AvgIpc) is 2.59. The van der Waals surface area contributed by atoms with Crippen LogP contribution in [0.4, 0.5) is 5.69 Å². The zero-order valence-corrected chi connectivity index (χ0v) is 14.3. The number of hydrogen-bond donors (Lipinski definition) is 1.